The minimum absolute atomic E-state index is 0.137. The van der Waals surface area contributed by atoms with Crippen molar-refractivity contribution >= 4 is 22.0 Å². The Balaban J connectivity index is 1.39. The van der Waals surface area contributed by atoms with Crippen LogP contribution in [-0.2, 0) is 14.8 Å². The van der Waals surface area contributed by atoms with E-state index < -0.39 is 10.0 Å². The monoisotopic (exact) mass is 464 g/mol. The number of nitrogens with zero attached hydrogens (tertiary/aromatic N) is 4. The Bertz CT molecular complexity index is 1270. The van der Waals surface area contributed by atoms with Gasteiger partial charge in [-0.15, -0.1) is 0 Å². The van der Waals surface area contributed by atoms with Crippen LogP contribution in [-0.4, -0.2) is 59.5 Å². The number of carbonyl (C=O) groups excluding carboxylic acids is 1. The predicted molar refractivity (Wildman–Crippen MR) is 129 cm³/mol. The van der Waals surface area contributed by atoms with Crippen LogP contribution in [0.5, 0.6) is 0 Å². The second-order valence-corrected chi connectivity index (χ2v) is 10.2. The van der Waals surface area contributed by atoms with Gasteiger partial charge in [0.05, 0.1) is 16.8 Å². The first-order chi connectivity index (χ1) is 15.8. The molecule has 0 saturated carbocycles. The van der Waals surface area contributed by atoms with Gasteiger partial charge in [-0.25, -0.2) is 13.1 Å². The summed E-state index contributed by atoms with van der Waals surface area (Å²) >= 11 is 0. The Labute approximate surface area is 195 Å². The van der Waals surface area contributed by atoms with Gasteiger partial charge in [0.25, 0.3) is 0 Å². The van der Waals surface area contributed by atoms with Crippen molar-refractivity contribution in [3.05, 3.63) is 83.2 Å². The molecule has 1 amide bonds. The zero-order chi connectivity index (χ0) is 23.6. The molecule has 33 heavy (non-hydrogen) atoms. The molecule has 1 aliphatic rings. The molecule has 0 atom stereocenters. The number of carbonyl (C=O) groups is 1. The Kier molecular flexibility index (Phi) is 6.49. The van der Waals surface area contributed by atoms with Crippen molar-refractivity contribution < 1.29 is 13.2 Å². The molecule has 0 unspecified atom stereocenters. The summed E-state index contributed by atoms with van der Waals surface area (Å²) in [5, 5.41) is 4.33. The Morgan fingerprint density at radius 1 is 0.970 bits per heavy atom. The van der Waals surface area contributed by atoms with Gasteiger partial charge in [-0.2, -0.15) is 9.40 Å². The summed E-state index contributed by atoms with van der Waals surface area (Å²) in [5.41, 5.74) is 4.31. The van der Waals surface area contributed by atoms with Gasteiger partial charge in [0.15, 0.2) is 0 Å². The van der Waals surface area contributed by atoms with Gasteiger partial charge in [-0.3, -0.25) is 4.79 Å². The lowest BCUT2D eigenvalue weighted by atomic mass is 10.1. The lowest BCUT2D eigenvalue weighted by molar-refractivity contribution is -0.127. The van der Waals surface area contributed by atoms with Crippen molar-refractivity contribution in [3.8, 4) is 5.69 Å². The maximum Gasteiger partial charge on any atom is 0.246 e. The standard InChI is InChI=1S/C25H28N4O3S/c1-19-15-20(2)25(21(3)16-19)33(31,32)28-13-11-27(12-14-28)24(30)10-9-22-17-26-29(18-22)23-7-5-4-6-8-23/h4-10,15-18H,11-14H2,1-3H3. The molecule has 172 valence electrons. The molecule has 4 rings (SSSR count). The third-order valence-corrected chi connectivity index (χ3v) is 8.00. The zero-order valence-corrected chi connectivity index (χ0v) is 19.9. The van der Waals surface area contributed by atoms with Gasteiger partial charge in [-0.1, -0.05) is 35.9 Å². The van der Waals surface area contributed by atoms with Gasteiger partial charge in [0, 0.05) is 44.0 Å². The van der Waals surface area contributed by atoms with E-state index in [1.807, 2.05) is 69.4 Å². The summed E-state index contributed by atoms with van der Waals surface area (Å²) in [6.07, 6.45) is 6.81. The molecule has 0 aliphatic carbocycles. The SMILES string of the molecule is Cc1cc(C)c(S(=O)(=O)N2CCN(C(=O)C=Cc3cnn(-c4ccccc4)c3)CC2)c(C)c1. The van der Waals surface area contributed by atoms with E-state index in [1.54, 1.807) is 21.9 Å². The van der Waals surface area contributed by atoms with Crippen LogP contribution in [0, 0.1) is 20.8 Å². The number of hydrogen-bond donors (Lipinski definition) is 0. The largest absolute Gasteiger partial charge is 0.337 e. The highest BCUT2D eigenvalue weighted by atomic mass is 32.2. The Morgan fingerprint density at radius 2 is 1.61 bits per heavy atom. The molecular weight excluding hydrogens is 436 g/mol. The van der Waals surface area contributed by atoms with Crippen molar-refractivity contribution in [1.29, 1.82) is 0 Å². The van der Waals surface area contributed by atoms with Crippen LogP contribution in [0.1, 0.15) is 22.3 Å². The summed E-state index contributed by atoms with van der Waals surface area (Å²) in [5.74, 6) is -0.137. The fraction of sp³-hybridized carbons (Fsp3) is 0.280. The fourth-order valence-corrected chi connectivity index (χ4v) is 6.10. The van der Waals surface area contributed by atoms with Gasteiger partial charge in [-0.05, 0) is 50.1 Å². The quantitative estimate of drug-likeness (QED) is 0.543. The van der Waals surface area contributed by atoms with E-state index in [4.69, 9.17) is 0 Å². The van der Waals surface area contributed by atoms with Gasteiger partial charge in [0.2, 0.25) is 15.9 Å². The first kappa shape index (κ1) is 22.9. The van der Waals surface area contributed by atoms with E-state index >= 15 is 0 Å². The second kappa shape index (κ2) is 9.33. The number of hydrogen-bond acceptors (Lipinski definition) is 4. The highest BCUT2D eigenvalue weighted by molar-refractivity contribution is 7.89. The summed E-state index contributed by atoms with van der Waals surface area (Å²) in [6, 6.07) is 13.5. The van der Waals surface area contributed by atoms with Crippen molar-refractivity contribution in [1.82, 2.24) is 19.0 Å². The molecule has 1 fully saturated rings. The second-order valence-electron chi connectivity index (χ2n) is 8.34. The summed E-state index contributed by atoms with van der Waals surface area (Å²) in [4.78, 5) is 14.7. The Morgan fingerprint density at radius 3 is 2.24 bits per heavy atom. The van der Waals surface area contributed by atoms with Crippen LogP contribution in [0.25, 0.3) is 11.8 Å². The van der Waals surface area contributed by atoms with Crippen LogP contribution in [0.2, 0.25) is 0 Å². The zero-order valence-electron chi connectivity index (χ0n) is 19.1. The molecule has 0 spiro atoms. The lowest BCUT2D eigenvalue weighted by Crippen LogP contribution is -2.50. The topological polar surface area (TPSA) is 75.5 Å². The third kappa shape index (κ3) is 4.91. The molecule has 0 radical (unpaired) electrons. The molecule has 1 aliphatic heterocycles. The molecule has 3 aromatic rings. The molecule has 8 heteroatoms. The smallest absolute Gasteiger partial charge is 0.246 e. The van der Waals surface area contributed by atoms with Crippen molar-refractivity contribution in [2.45, 2.75) is 25.7 Å². The summed E-state index contributed by atoms with van der Waals surface area (Å²) < 4.78 is 29.7. The maximum atomic E-state index is 13.2. The average molecular weight is 465 g/mol. The van der Waals surface area contributed by atoms with Crippen LogP contribution < -0.4 is 0 Å². The first-order valence-electron chi connectivity index (χ1n) is 10.9. The van der Waals surface area contributed by atoms with Crippen LogP contribution >= 0.6 is 0 Å². The van der Waals surface area contributed by atoms with E-state index in [0.29, 0.717) is 18.0 Å². The van der Waals surface area contributed by atoms with Crippen LogP contribution in [0.15, 0.2) is 65.8 Å². The van der Waals surface area contributed by atoms with Crippen molar-refractivity contribution in [3.63, 3.8) is 0 Å². The molecule has 1 aromatic heterocycles. The number of para-hydroxylation sites is 1. The van der Waals surface area contributed by atoms with E-state index in [-0.39, 0.29) is 19.0 Å². The number of amides is 1. The third-order valence-electron chi connectivity index (χ3n) is 5.79. The number of benzene rings is 2. The molecule has 2 aromatic carbocycles. The lowest BCUT2D eigenvalue weighted by Gasteiger charge is -2.34. The number of piperazine rings is 1. The molecule has 7 nitrogen and oxygen atoms in total. The number of aryl methyl sites for hydroxylation is 3. The van der Waals surface area contributed by atoms with Crippen LogP contribution in [0.3, 0.4) is 0 Å². The van der Waals surface area contributed by atoms with E-state index in [9.17, 15) is 13.2 Å². The van der Waals surface area contributed by atoms with Gasteiger partial charge < -0.3 is 4.90 Å². The van der Waals surface area contributed by atoms with Crippen molar-refractivity contribution in [2.24, 2.45) is 0 Å². The van der Waals surface area contributed by atoms with E-state index in [0.717, 1.165) is 27.9 Å². The number of aromatic nitrogens is 2. The molecule has 0 bridgehead atoms. The minimum atomic E-state index is -3.60. The fourth-order valence-electron chi connectivity index (χ4n) is 4.27. The van der Waals surface area contributed by atoms with E-state index in [2.05, 4.69) is 5.10 Å². The average Bonchev–Trinajstić information content (AvgIpc) is 3.26. The summed E-state index contributed by atoms with van der Waals surface area (Å²) in [7, 11) is -3.60. The number of sulfonamides is 1. The highest BCUT2D eigenvalue weighted by Gasteiger charge is 2.31. The van der Waals surface area contributed by atoms with Gasteiger partial charge in [0.1, 0.15) is 0 Å². The normalized spacial score (nSPS) is 15.3. The Hall–Kier alpha value is -3.23. The highest BCUT2D eigenvalue weighted by Crippen LogP contribution is 2.26. The predicted octanol–water partition coefficient (Wildman–Crippen LogP) is 3.34. The molecule has 2 heterocycles. The maximum absolute atomic E-state index is 13.2. The molecular formula is C25H28N4O3S. The number of rotatable bonds is 5. The van der Waals surface area contributed by atoms with Gasteiger partial charge >= 0.3 is 0 Å². The minimum Gasteiger partial charge on any atom is -0.337 e. The van der Waals surface area contributed by atoms with Crippen molar-refractivity contribution in [2.75, 3.05) is 26.2 Å². The molecule has 0 N–H and O–H groups in total. The van der Waals surface area contributed by atoms with Crippen LogP contribution in [0.4, 0.5) is 0 Å². The molecule has 1 saturated heterocycles. The first-order valence-corrected chi connectivity index (χ1v) is 12.3. The van der Waals surface area contributed by atoms with E-state index in [1.165, 1.54) is 10.4 Å². The summed E-state index contributed by atoms with van der Waals surface area (Å²) in [6.45, 7) is 6.89.